The topological polar surface area (TPSA) is 74.6 Å². The van der Waals surface area contributed by atoms with E-state index in [-0.39, 0.29) is 12.8 Å². The number of rotatable bonds is 6. The summed E-state index contributed by atoms with van der Waals surface area (Å²) in [5.41, 5.74) is -2.84. The van der Waals surface area contributed by atoms with Crippen molar-refractivity contribution in [2.24, 2.45) is 0 Å². The van der Waals surface area contributed by atoms with Crippen molar-refractivity contribution in [2.45, 2.75) is 50.4 Å². The summed E-state index contributed by atoms with van der Waals surface area (Å²) in [6.07, 6.45) is 1.53. The lowest BCUT2D eigenvalue weighted by Crippen LogP contribution is -2.31. The number of hydrogen-bond donors (Lipinski definition) is 2. The van der Waals surface area contributed by atoms with Crippen LogP contribution in [0.5, 0.6) is 0 Å². The average Bonchev–Trinajstić information content (AvgIpc) is 2.05. The normalized spacial score (nSPS) is 16.9. The molecule has 0 aliphatic heterocycles. The summed E-state index contributed by atoms with van der Waals surface area (Å²) in [6, 6.07) is 0. The van der Waals surface area contributed by atoms with Crippen LogP contribution in [0.25, 0.3) is 0 Å². The van der Waals surface area contributed by atoms with Crippen LogP contribution in [-0.2, 0) is 9.84 Å². The Morgan fingerprint density at radius 1 is 1.00 bits per heavy atom. The molecule has 0 saturated carbocycles. The summed E-state index contributed by atoms with van der Waals surface area (Å²) < 4.78 is 22.6. The first-order valence-electron chi connectivity index (χ1n) is 4.55. The van der Waals surface area contributed by atoms with Crippen LogP contribution < -0.4 is 0 Å². The van der Waals surface area contributed by atoms with Gasteiger partial charge in [-0.05, 0) is 12.8 Å². The minimum Gasteiger partial charge on any atom is -0.377 e. The molecule has 0 aromatic carbocycles. The molecular weight excluding hydrogens is 192 g/mol. The number of aliphatic hydroxyl groups excluding tert-OH is 2. The Morgan fingerprint density at radius 3 is 1.54 bits per heavy atom. The van der Waals surface area contributed by atoms with Crippen molar-refractivity contribution in [3.63, 3.8) is 0 Å². The van der Waals surface area contributed by atoms with Crippen LogP contribution in [0.3, 0.4) is 0 Å². The van der Waals surface area contributed by atoms with Crippen molar-refractivity contribution >= 4 is 9.84 Å². The Kier molecular flexibility index (Phi) is 5.51. The summed E-state index contributed by atoms with van der Waals surface area (Å²) in [5, 5.41) is 18.5. The smallest absolute Gasteiger partial charge is 0.203 e. The summed E-state index contributed by atoms with van der Waals surface area (Å²) in [5.74, 6) is 0. The third-order valence-electron chi connectivity index (χ3n) is 1.83. The Labute approximate surface area is 79.5 Å². The van der Waals surface area contributed by atoms with E-state index in [2.05, 4.69) is 0 Å². The molecule has 0 aliphatic rings. The largest absolute Gasteiger partial charge is 0.377 e. The lowest BCUT2D eigenvalue weighted by atomic mass is 10.3. The minimum atomic E-state index is -3.75. The lowest BCUT2D eigenvalue weighted by molar-refractivity contribution is 0.199. The fourth-order valence-corrected chi connectivity index (χ4v) is 2.49. The quantitative estimate of drug-likeness (QED) is 0.674. The van der Waals surface area contributed by atoms with Crippen LogP contribution in [-0.4, -0.2) is 29.5 Å². The Morgan fingerprint density at radius 2 is 1.31 bits per heavy atom. The van der Waals surface area contributed by atoms with E-state index in [0.717, 1.165) is 0 Å². The first-order valence-corrected chi connectivity index (χ1v) is 6.16. The molecule has 0 saturated heterocycles. The first kappa shape index (κ1) is 12.9. The molecule has 4 nitrogen and oxygen atoms in total. The van der Waals surface area contributed by atoms with E-state index in [9.17, 15) is 18.6 Å². The van der Waals surface area contributed by atoms with E-state index >= 15 is 0 Å². The second kappa shape index (κ2) is 5.57. The van der Waals surface area contributed by atoms with Crippen molar-refractivity contribution in [1.82, 2.24) is 0 Å². The van der Waals surface area contributed by atoms with Crippen molar-refractivity contribution in [3.05, 3.63) is 0 Å². The fraction of sp³-hybridized carbons (Fsp3) is 1.00. The summed E-state index contributed by atoms with van der Waals surface area (Å²) in [4.78, 5) is 0. The highest BCUT2D eigenvalue weighted by molar-refractivity contribution is 7.92. The van der Waals surface area contributed by atoms with E-state index in [4.69, 9.17) is 0 Å². The van der Waals surface area contributed by atoms with Gasteiger partial charge in [-0.25, -0.2) is 8.42 Å². The lowest BCUT2D eigenvalue weighted by Gasteiger charge is -2.15. The Bertz CT molecular complexity index is 204. The molecule has 0 radical (unpaired) electrons. The highest BCUT2D eigenvalue weighted by atomic mass is 32.2. The summed E-state index contributed by atoms with van der Waals surface area (Å²) >= 11 is 0. The van der Waals surface area contributed by atoms with Gasteiger partial charge < -0.3 is 10.2 Å². The van der Waals surface area contributed by atoms with Gasteiger partial charge in [-0.15, -0.1) is 0 Å². The maximum atomic E-state index is 11.3. The number of aliphatic hydroxyl groups is 2. The van der Waals surface area contributed by atoms with Crippen LogP contribution in [0, 0.1) is 0 Å². The van der Waals surface area contributed by atoms with Crippen LogP contribution in [0.15, 0.2) is 0 Å². The Hall–Kier alpha value is -0.130. The van der Waals surface area contributed by atoms with Gasteiger partial charge in [-0.2, -0.15) is 0 Å². The molecule has 0 bridgehead atoms. The maximum absolute atomic E-state index is 11.3. The van der Waals surface area contributed by atoms with E-state index in [0.29, 0.717) is 12.8 Å². The number of hydrogen-bond acceptors (Lipinski definition) is 4. The molecule has 0 amide bonds. The minimum absolute atomic E-state index is 0.184. The fourth-order valence-electron chi connectivity index (χ4n) is 1.00. The highest BCUT2D eigenvalue weighted by Gasteiger charge is 2.29. The molecule has 0 aromatic heterocycles. The molecule has 5 heteroatoms. The molecule has 0 spiro atoms. The Balaban J connectivity index is 4.37. The maximum Gasteiger partial charge on any atom is 0.203 e. The standard InChI is InChI=1S/C8H18O4S/c1-3-5-7(9)13(11,12)8(10)6-4-2/h7-10H,3-6H2,1-2H3. The van der Waals surface area contributed by atoms with Gasteiger partial charge in [0.2, 0.25) is 9.84 Å². The zero-order valence-corrected chi connectivity index (χ0v) is 8.92. The monoisotopic (exact) mass is 210 g/mol. The molecule has 2 unspecified atom stereocenters. The highest BCUT2D eigenvalue weighted by Crippen LogP contribution is 2.14. The van der Waals surface area contributed by atoms with Crippen LogP contribution in [0.2, 0.25) is 0 Å². The van der Waals surface area contributed by atoms with Crippen LogP contribution in [0.4, 0.5) is 0 Å². The van der Waals surface area contributed by atoms with E-state index in [1.807, 2.05) is 0 Å². The molecule has 0 aliphatic carbocycles. The molecule has 13 heavy (non-hydrogen) atoms. The molecule has 0 aromatic rings. The van der Waals surface area contributed by atoms with Crippen molar-refractivity contribution in [2.75, 3.05) is 0 Å². The van der Waals surface area contributed by atoms with Gasteiger partial charge in [0.1, 0.15) is 0 Å². The van der Waals surface area contributed by atoms with Crippen molar-refractivity contribution in [1.29, 1.82) is 0 Å². The van der Waals surface area contributed by atoms with Gasteiger partial charge in [0.25, 0.3) is 0 Å². The second-order valence-corrected chi connectivity index (χ2v) is 5.34. The molecule has 0 heterocycles. The predicted molar refractivity (Wildman–Crippen MR) is 50.7 cm³/mol. The third-order valence-corrected chi connectivity index (χ3v) is 3.82. The molecule has 2 N–H and O–H groups in total. The van der Waals surface area contributed by atoms with Gasteiger partial charge >= 0.3 is 0 Å². The summed E-state index contributed by atoms with van der Waals surface area (Å²) in [6.45, 7) is 3.57. The molecule has 0 fully saturated rings. The van der Waals surface area contributed by atoms with Crippen LogP contribution in [0.1, 0.15) is 39.5 Å². The van der Waals surface area contributed by atoms with Gasteiger partial charge in [0.15, 0.2) is 10.9 Å². The van der Waals surface area contributed by atoms with Gasteiger partial charge in [0.05, 0.1) is 0 Å². The van der Waals surface area contributed by atoms with Gasteiger partial charge in [-0.1, -0.05) is 26.7 Å². The molecule has 80 valence electrons. The molecule has 2 atom stereocenters. The zero-order chi connectivity index (χ0) is 10.5. The summed E-state index contributed by atoms with van der Waals surface area (Å²) in [7, 11) is -3.75. The second-order valence-electron chi connectivity index (χ2n) is 3.08. The molecule has 0 rings (SSSR count). The van der Waals surface area contributed by atoms with E-state index in [1.165, 1.54) is 0 Å². The van der Waals surface area contributed by atoms with E-state index < -0.39 is 20.7 Å². The predicted octanol–water partition coefficient (Wildman–Crippen LogP) is 0.638. The van der Waals surface area contributed by atoms with Gasteiger partial charge in [-0.3, -0.25) is 0 Å². The van der Waals surface area contributed by atoms with Crippen molar-refractivity contribution < 1.29 is 18.6 Å². The van der Waals surface area contributed by atoms with E-state index in [1.54, 1.807) is 13.8 Å². The van der Waals surface area contributed by atoms with Crippen molar-refractivity contribution in [3.8, 4) is 0 Å². The number of sulfone groups is 1. The average molecular weight is 210 g/mol. The first-order chi connectivity index (χ1) is 5.96. The SMILES string of the molecule is CCCC(O)S(=O)(=O)C(O)CCC. The van der Waals surface area contributed by atoms with Crippen LogP contribution >= 0.6 is 0 Å². The molecular formula is C8H18O4S. The van der Waals surface area contributed by atoms with Gasteiger partial charge in [0, 0.05) is 0 Å². The zero-order valence-electron chi connectivity index (χ0n) is 8.10. The third kappa shape index (κ3) is 3.62.